The lowest BCUT2D eigenvalue weighted by Gasteiger charge is -2.35. The number of piperidine rings is 1. The summed E-state index contributed by atoms with van der Waals surface area (Å²) in [5.41, 5.74) is 0.994. The van der Waals surface area contributed by atoms with Gasteiger partial charge in [0.05, 0.1) is 0 Å². The number of aliphatic imine (C=N–C) groups is 1. The third kappa shape index (κ3) is 7.46. The third-order valence-corrected chi connectivity index (χ3v) is 5.17. The van der Waals surface area contributed by atoms with Crippen molar-refractivity contribution >= 4 is 11.9 Å². The second-order valence-electron chi connectivity index (χ2n) is 7.63. The first kappa shape index (κ1) is 22.1. The van der Waals surface area contributed by atoms with Crippen molar-refractivity contribution in [3.05, 3.63) is 30.1 Å². The summed E-state index contributed by atoms with van der Waals surface area (Å²) in [6, 6.07) is 6.85. The minimum absolute atomic E-state index is 0.0164. The van der Waals surface area contributed by atoms with Gasteiger partial charge in [0.15, 0.2) is 5.96 Å². The van der Waals surface area contributed by atoms with Gasteiger partial charge in [0.2, 0.25) is 5.91 Å². The maximum atomic E-state index is 12.4. The number of aromatic nitrogens is 1. The highest BCUT2D eigenvalue weighted by atomic mass is 16.2. The smallest absolute Gasteiger partial charge is 0.244 e. The minimum Gasteiger partial charge on any atom is -0.357 e. The van der Waals surface area contributed by atoms with E-state index in [-0.39, 0.29) is 12.5 Å². The summed E-state index contributed by atoms with van der Waals surface area (Å²) in [6.07, 6.45) is 4.72. The summed E-state index contributed by atoms with van der Waals surface area (Å²) in [4.78, 5) is 25.5. The van der Waals surface area contributed by atoms with Crippen molar-refractivity contribution in [2.75, 3.05) is 39.8 Å². The minimum atomic E-state index is 0.0164. The molecule has 0 aromatic carbocycles. The maximum absolute atomic E-state index is 12.4. The topological polar surface area (TPSA) is 72.9 Å². The summed E-state index contributed by atoms with van der Waals surface area (Å²) in [5.74, 6) is 0.750. The van der Waals surface area contributed by atoms with Gasteiger partial charge in [-0.05, 0) is 45.7 Å². The second-order valence-corrected chi connectivity index (χ2v) is 7.63. The van der Waals surface area contributed by atoms with Gasteiger partial charge in [0.25, 0.3) is 0 Å². The van der Waals surface area contributed by atoms with Crippen molar-refractivity contribution in [3.63, 3.8) is 0 Å². The zero-order valence-electron chi connectivity index (χ0n) is 17.8. The Morgan fingerprint density at radius 3 is 2.71 bits per heavy atom. The lowest BCUT2D eigenvalue weighted by atomic mass is 10.0. The molecule has 0 bridgehead atoms. The van der Waals surface area contributed by atoms with Gasteiger partial charge >= 0.3 is 0 Å². The van der Waals surface area contributed by atoms with Gasteiger partial charge in [-0.3, -0.25) is 9.78 Å². The Bertz CT molecular complexity index is 611. The zero-order valence-corrected chi connectivity index (χ0v) is 17.8. The first-order valence-electron chi connectivity index (χ1n) is 10.4. The fraction of sp³-hybridized carbons (Fsp3) is 0.667. The number of likely N-dealkylation sites (N-methyl/N-ethyl adjacent to an activating group) is 1. The van der Waals surface area contributed by atoms with Gasteiger partial charge in [-0.1, -0.05) is 6.07 Å². The van der Waals surface area contributed by atoms with E-state index in [9.17, 15) is 4.79 Å². The Morgan fingerprint density at radius 1 is 1.36 bits per heavy atom. The Hall–Kier alpha value is -2.15. The lowest BCUT2D eigenvalue weighted by Crippen LogP contribution is -2.50. The molecule has 2 rings (SSSR count). The van der Waals surface area contributed by atoms with Crippen LogP contribution < -0.4 is 10.6 Å². The Labute approximate surface area is 169 Å². The monoisotopic (exact) mass is 388 g/mol. The molecule has 0 saturated carbocycles. The highest BCUT2D eigenvalue weighted by Gasteiger charge is 2.21. The van der Waals surface area contributed by atoms with E-state index in [0.29, 0.717) is 18.6 Å². The molecule has 156 valence electrons. The van der Waals surface area contributed by atoms with Gasteiger partial charge in [0.1, 0.15) is 6.54 Å². The molecule has 0 unspecified atom stereocenters. The molecule has 1 aliphatic heterocycles. The Kier molecular flexibility index (Phi) is 9.20. The predicted octanol–water partition coefficient (Wildman–Crippen LogP) is 1.51. The maximum Gasteiger partial charge on any atom is 0.244 e. The second kappa shape index (κ2) is 11.6. The van der Waals surface area contributed by atoms with Crippen molar-refractivity contribution in [2.24, 2.45) is 4.99 Å². The molecule has 2 heterocycles. The summed E-state index contributed by atoms with van der Waals surface area (Å²) in [6.45, 7) is 10.3. The normalized spacial score (nSPS) is 16.2. The van der Waals surface area contributed by atoms with Gasteiger partial charge < -0.3 is 20.4 Å². The molecule has 1 amide bonds. The highest BCUT2D eigenvalue weighted by Crippen LogP contribution is 2.12. The number of likely N-dealkylation sites (tertiary alicyclic amines) is 1. The van der Waals surface area contributed by atoms with E-state index in [0.717, 1.165) is 50.6 Å². The third-order valence-electron chi connectivity index (χ3n) is 5.17. The van der Waals surface area contributed by atoms with E-state index in [1.54, 1.807) is 11.1 Å². The van der Waals surface area contributed by atoms with Crippen molar-refractivity contribution < 1.29 is 4.79 Å². The van der Waals surface area contributed by atoms with Crippen LogP contribution in [0.25, 0.3) is 0 Å². The summed E-state index contributed by atoms with van der Waals surface area (Å²) < 4.78 is 0. The number of nitrogens with zero attached hydrogens (tertiary/aromatic N) is 4. The van der Waals surface area contributed by atoms with Crippen LogP contribution in [-0.4, -0.2) is 78.5 Å². The number of hydrogen-bond acceptors (Lipinski definition) is 4. The molecule has 1 aromatic heterocycles. The van der Waals surface area contributed by atoms with Crippen molar-refractivity contribution in [2.45, 2.75) is 52.1 Å². The van der Waals surface area contributed by atoms with Gasteiger partial charge in [-0.15, -0.1) is 0 Å². The number of hydrogen-bond donors (Lipinski definition) is 2. The van der Waals surface area contributed by atoms with Gasteiger partial charge in [0, 0.05) is 63.6 Å². The fourth-order valence-corrected chi connectivity index (χ4v) is 3.29. The molecule has 7 heteroatoms. The number of nitrogens with one attached hydrogen (secondary N) is 2. The quantitative estimate of drug-likeness (QED) is 0.522. The molecule has 0 radical (unpaired) electrons. The largest absolute Gasteiger partial charge is 0.357 e. The van der Waals surface area contributed by atoms with E-state index in [2.05, 4.69) is 39.4 Å². The molecule has 1 aromatic rings. The average Bonchev–Trinajstić information content (AvgIpc) is 2.71. The molecule has 7 nitrogen and oxygen atoms in total. The number of amides is 1. The number of carbonyl (C=O) groups is 1. The molecular weight excluding hydrogens is 352 g/mol. The number of guanidine groups is 1. The van der Waals surface area contributed by atoms with E-state index < -0.39 is 0 Å². The predicted molar refractivity (Wildman–Crippen MR) is 114 cm³/mol. The standard InChI is InChI=1S/C21H36N6O/c1-5-22-21(25-19-10-14-27(15-11-19)17(2)3)24-16-20(28)26(4)13-9-18-8-6-7-12-23-18/h6-8,12,17,19H,5,9-11,13-16H2,1-4H3,(H2,22,24,25). The molecule has 0 spiro atoms. The van der Waals surface area contributed by atoms with E-state index in [1.807, 2.05) is 32.2 Å². The van der Waals surface area contributed by atoms with Crippen LogP contribution in [0.2, 0.25) is 0 Å². The van der Waals surface area contributed by atoms with Crippen LogP contribution in [0.3, 0.4) is 0 Å². The highest BCUT2D eigenvalue weighted by molar-refractivity contribution is 5.85. The van der Waals surface area contributed by atoms with Crippen LogP contribution in [0.5, 0.6) is 0 Å². The van der Waals surface area contributed by atoms with E-state index >= 15 is 0 Å². The fourth-order valence-electron chi connectivity index (χ4n) is 3.29. The Balaban J connectivity index is 1.79. The average molecular weight is 389 g/mol. The molecule has 0 aliphatic carbocycles. The van der Waals surface area contributed by atoms with Crippen LogP contribution >= 0.6 is 0 Å². The van der Waals surface area contributed by atoms with Gasteiger partial charge in [-0.2, -0.15) is 0 Å². The number of carbonyl (C=O) groups excluding carboxylic acids is 1. The molecule has 1 saturated heterocycles. The van der Waals surface area contributed by atoms with Crippen molar-refractivity contribution in [1.29, 1.82) is 0 Å². The van der Waals surface area contributed by atoms with Crippen LogP contribution in [0.1, 0.15) is 39.3 Å². The van der Waals surface area contributed by atoms with Crippen molar-refractivity contribution in [3.8, 4) is 0 Å². The van der Waals surface area contributed by atoms with Crippen LogP contribution in [0, 0.1) is 0 Å². The van der Waals surface area contributed by atoms with Gasteiger partial charge in [-0.25, -0.2) is 4.99 Å². The summed E-state index contributed by atoms with van der Waals surface area (Å²) >= 11 is 0. The number of pyridine rings is 1. The van der Waals surface area contributed by atoms with Crippen LogP contribution in [0.15, 0.2) is 29.4 Å². The molecule has 1 aliphatic rings. The van der Waals surface area contributed by atoms with Crippen LogP contribution in [0.4, 0.5) is 0 Å². The summed E-state index contributed by atoms with van der Waals surface area (Å²) in [5, 5.41) is 6.76. The first-order valence-corrected chi connectivity index (χ1v) is 10.4. The molecular formula is C21H36N6O. The first-order chi connectivity index (χ1) is 13.5. The Morgan fingerprint density at radius 2 is 2.11 bits per heavy atom. The van der Waals surface area contributed by atoms with Crippen LogP contribution in [-0.2, 0) is 11.2 Å². The SMILES string of the molecule is CCNC(=NCC(=O)N(C)CCc1ccccn1)NC1CCN(C(C)C)CC1. The van der Waals surface area contributed by atoms with E-state index in [4.69, 9.17) is 0 Å². The molecule has 0 atom stereocenters. The van der Waals surface area contributed by atoms with E-state index in [1.165, 1.54) is 0 Å². The number of rotatable bonds is 8. The molecule has 28 heavy (non-hydrogen) atoms. The lowest BCUT2D eigenvalue weighted by molar-refractivity contribution is -0.128. The molecule has 1 fully saturated rings. The molecule has 2 N–H and O–H groups in total. The van der Waals surface area contributed by atoms with Crippen molar-refractivity contribution in [1.82, 2.24) is 25.4 Å². The zero-order chi connectivity index (χ0) is 20.4. The summed E-state index contributed by atoms with van der Waals surface area (Å²) in [7, 11) is 1.82.